The largest absolute Gasteiger partial charge is 0.465 e. The van der Waals surface area contributed by atoms with Gasteiger partial charge in [0.05, 0.1) is 12.6 Å². The van der Waals surface area contributed by atoms with Crippen LogP contribution in [0.2, 0.25) is 0 Å². The highest BCUT2D eigenvalue weighted by Crippen LogP contribution is 2.24. The maximum absolute atomic E-state index is 9.49. The molecule has 0 spiro atoms. The number of aliphatic hydroxyl groups excluding tert-OH is 1. The minimum Gasteiger partial charge on any atom is -0.465 e. The molecular formula is C14H23NO2. The van der Waals surface area contributed by atoms with E-state index < -0.39 is 0 Å². The molecule has 2 heterocycles. The molecule has 1 saturated heterocycles. The van der Waals surface area contributed by atoms with Crippen molar-refractivity contribution in [3.05, 3.63) is 23.7 Å². The number of furan rings is 1. The van der Waals surface area contributed by atoms with Gasteiger partial charge in [0.2, 0.25) is 0 Å². The zero-order valence-corrected chi connectivity index (χ0v) is 10.9. The summed E-state index contributed by atoms with van der Waals surface area (Å²) >= 11 is 0. The standard InChI is InChI=1S/C14H23NO2/c1-3-13-6-7-14(17-13)10-15-8-4-5-12(15)9-11(2)16/h6-7,11-12,16H,3-5,8-10H2,1-2H3. The highest BCUT2D eigenvalue weighted by molar-refractivity contribution is 5.07. The summed E-state index contributed by atoms with van der Waals surface area (Å²) in [5.74, 6) is 2.12. The van der Waals surface area contributed by atoms with E-state index in [9.17, 15) is 5.11 Å². The third-order valence-corrected chi connectivity index (χ3v) is 3.54. The van der Waals surface area contributed by atoms with Gasteiger partial charge < -0.3 is 9.52 Å². The average molecular weight is 237 g/mol. The van der Waals surface area contributed by atoms with Crippen LogP contribution in [0.5, 0.6) is 0 Å². The highest BCUT2D eigenvalue weighted by Gasteiger charge is 2.26. The molecule has 1 aromatic rings. The predicted molar refractivity (Wildman–Crippen MR) is 67.8 cm³/mol. The first-order chi connectivity index (χ1) is 8.19. The minimum absolute atomic E-state index is 0.205. The van der Waals surface area contributed by atoms with Crippen molar-refractivity contribution in [3.8, 4) is 0 Å². The summed E-state index contributed by atoms with van der Waals surface area (Å²) in [6, 6.07) is 4.66. The normalized spacial score (nSPS) is 23.1. The zero-order valence-electron chi connectivity index (χ0n) is 10.9. The van der Waals surface area contributed by atoms with E-state index in [2.05, 4.69) is 24.0 Å². The Morgan fingerprint density at radius 3 is 2.88 bits per heavy atom. The molecule has 96 valence electrons. The van der Waals surface area contributed by atoms with Crippen molar-refractivity contribution in [2.75, 3.05) is 6.54 Å². The van der Waals surface area contributed by atoms with Crippen LogP contribution in [0.3, 0.4) is 0 Å². The Hall–Kier alpha value is -0.800. The maximum Gasteiger partial charge on any atom is 0.118 e. The number of hydrogen-bond donors (Lipinski definition) is 1. The first kappa shape index (κ1) is 12.7. The Balaban J connectivity index is 1.92. The van der Waals surface area contributed by atoms with Gasteiger partial charge in [0, 0.05) is 12.5 Å². The van der Waals surface area contributed by atoms with Crippen LogP contribution < -0.4 is 0 Å². The molecule has 1 N–H and O–H groups in total. The molecule has 1 aliphatic heterocycles. The van der Waals surface area contributed by atoms with Crippen molar-refractivity contribution >= 4 is 0 Å². The van der Waals surface area contributed by atoms with E-state index in [1.54, 1.807) is 0 Å². The summed E-state index contributed by atoms with van der Waals surface area (Å²) in [6.07, 6.45) is 4.06. The van der Waals surface area contributed by atoms with Crippen LogP contribution in [-0.2, 0) is 13.0 Å². The van der Waals surface area contributed by atoms with Crippen molar-refractivity contribution in [1.29, 1.82) is 0 Å². The summed E-state index contributed by atoms with van der Waals surface area (Å²) in [7, 11) is 0. The van der Waals surface area contributed by atoms with Crippen LogP contribution in [-0.4, -0.2) is 28.7 Å². The Morgan fingerprint density at radius 2 is 2.24 bits per heavy atom. The average Bonchev–Trinajstić information content (AvgIpc) is 2.89. The van der Waals surface area contributed by atoms with E-state index in [0.29, 0.717) is 6.04 Å². The molecule has 0 aromatic carbocycles. The van der Waals surface area contributed by atoms with Gasteiger partial charge >= 0.3 is 0 Å². The van der Waals surface area contributed by atoms with Gasteiger partial charge in [-0.3, -0.25) is 4.90 Å². The number of aryl methyl sites for hydroxylation is 1. The Morgan fingerprint density at radius 1 is 1.47 bits per heavy atom. The van der Waals surface area contributed by atoms with Crippen molar-refractivity contribution in [2.24, 2.45) is 0 Å². The molecule has 1 aromatic heterocycles. The SMILES string of the molecule is CCc1ccc(CN2CCCC2CC(C)O)o1. The van der Waals surface area contributed by atoms with Gasteiger partial charge in [0.15, 0.2) is 0 Å². The van der Waals surface area contributed by atoms with E-state index >= 15 is 0 Å². The third kappa shape index (κ3) is 3.33. The fourth-order valence-corrected chi connectivity index (χ4v) is 2.66. The first-order valence-corrected chi connectivity index (χ1v) is 6.68. The summed E-state index contributed by atoms with van der Waals surface area (Å²) in [5, 5.41) is 9.49. The number of aliphatic hydroxyl groups is 1. The molecule has 0 saturated carbocycles. The fraction of sp³-hybridized carbons (Fsp3) is 0.714. The van der Waals surface area contributed by atoms with Crippen molar-refractivity contribution < 1.29 is 9.52 Å². The van der Waals surface area contributed by atoms with Crippen molar-refractivity contribution in [2.45, 2.75) is 58.2 Å². The molecule has 2 atom stereocenters. The molecule has 2 rings (SSSR count). The number of rotatable bonds is 5. The van der Waals surface area contributed by atoms with Crippen molar-refractivity contribution in [3.63, 3.8) is 0 Å². The second-order valence-corrected chi connectivity index (χ2v) is 5.07. The van der Waals surface area contributed by atoms with E-state index in [4.69, 9.17) is 4.42 Å². The molecule has 3 nitrogen and oxygen atoms in total. The number of nitrogens with zero attached hydrogens (tertiary/aromatic N) is 1. The predicted octanol–water partition coefficient (Wildman–Crippen LogP) is 2.58. The molecule has 1 fully saturated rings. The molecule has 2 unspecified atom stereocenters. The van der Waals surface area contributed by atoms with Crippen molar-refractivity contribution in [1.82, 2.24) is 4.90 Å². The van der Waals surface area contributed by atoms with Gasteiger partial charge in [0.25, 0.3) is 0 Å². The molecule has 0 radical (unpaired) electrons. The van der Waals surface area contributed by atoms with Crippen LogP contribution in [0, 0.1) is 0 Å². The van der Waals surface area contributed by atoms with Crippen LogP contribution in [0.1, 0.15) is 44.6 Å². The lowest BCUT2D eigenvalue weighted by Gasteiger charge is -2.24. The van der Waals surface area contributed by atoms with Gasteiger partial charge in [-0.15, -0.1) is 0 Å². The second kappa shape index (κ2) is 5.69. The van der Waals surface area contributed by atoms with Gasteiger partial charge in [-0.25, -0.2) is 0 Å². The van der Waals surface area contributed by atoms with Crippen LogP contribution in [0.25, 0.3) is 0 Å². The summed E-state index contributed by atoms with van der Waals surface area (Å²) in [4.78, 5) is 2.44. The third-order valence-electron chi connectivity index (χ3n) is 3.54. The molecule has 17 heavy (non-hydrogen) atoms. The quantitative estimate of drug-likeness (QED) is 0.855. The number of hydrogen-bond acceptors (Lipinski definition) is 3. The summed E-state index contributed by atoms with van der Waals surface area (Å²) in [6.45, 7) is 5.99. The molecular weight excluding hydrogens is 214 g/mol. The van der Waals surface area contributed by atoms with E-state index in [1.807, 2.05) is 6.92 Å². The molecule has 0 amide bonds. The Kier molecular flexibility index (Phi) is 4.24. The topological polar surface area (TPSA) is 36.6 Å². The first-order valence-electron chi connectivity index (χ1n) is 6.68. The molecule has 0 aliphatic carbocycles. The summed E-state index contributed by atoms with van der Waals surface area (Å²) in [5.41, 5.74) is 0. The van der Waals surface area contributed by atoms with Gasteiger partial charge in [-0.2, -0.15) is 0 Å². The monoisotopic (exact) mass is 237 g/mol. The lowest BCUT2D eigenvalue weighted by molar-refractivity contribution is 0.126. The maximum atomic E-state index is 9.49. The molecule has 3 heteroatoms. The molecule has 0 bridgehead atoms. The lowest BCUT2D eigenvalue weighted by Crippen LogP contribution is -2.31. The Bertz CT molecular complexity index is 346. The number of likely N-dealkylation sites (tertiary alicyclic amines) is 1. The van der Waals surface area contributed by atoms with Gasteiger partial charge in [-0.1, -0.05) is 6.92 Å². The smallest absolute Gasteiger partial charge is 0.118 e. The Labute approximate surface area is 103 Å². The van der Waals surface area contributed by atoms with Crippen LogP contribution >= 0.6 is 0 Å². The van der Waals surface area contributed by atoms with E-state index in [0.717, 1.165) is 37.5 Å². The zero-order chi connectivity index (χ0) is 12.3. The fourth-order valence-electron chi connectivity index (χ4n) is 2.66. The minimum atomic E-state index is -0.205. The van der Waals surface area contributed by atoms with Crippen LogP contribution in [0.15, 0.2) is 16.5 Å². The van der Waals surface area contributed by atoms with E-state index in [1.165, 1.54) is 12.8 Å². The van der Waals surface area contributed by atoms with E-state index in [-0.39, 0.29) is 6.10 Å². The molecule has 1 aliphatic rings. The van der Waals surface area contributed by atoms with Gasteiger partial charge in [0.1, 0.15) is 11.5 Å². The highest BCUT2D eigenvalue weighted by atomic mass is 16.3. The van der Waals surface area contributed by atoms with Gasteiger partial charge in [-0.05, 0) is 44.9 Å². The second-order valence-electron chi connectivity index (χ2n) is 5.07. The van der Waals surface area contributed by atoms with Crippen LogP contribution in [0.4, 0.5) is 0 Å². The summed E-state index contributed by atoms with van der Waals surface area (Å²) < 4.78 is 5.74. The lowest BCUT2D eigenvalue weighted by atomic mass is 10.1.